The molecule has 9 heteroatoms. The first-order valence-electron chi connectivity index (χ1n) is 11.8. The number of amides is 3. The molecular formula is C24H30F2N4O3. The summed E-state index contributed by atoms with van der Waals surface area (Å²) in [5, 5.41) is 5.76. The van der Waals surface area contributed by atoms with Crippen molar-refractivity contribution in [3.8, 4) is 0 Å². The average Bonchev–Trinajstić information content (AvgIpc) is 3.46. The quantitative estimate of drug-likeness (QED) is 0.628. The van der Waals surface area contributed by atoms with Crippen molar-refractivity contribution in [3.63, 3.8) is 0 Å². The zero-order chi connectivity index (χ0) is 23.4. The second-order valence-corrected chi connectivity index (χ2v) is 10.2. The first-order chi connectivity index (χ1) is 15.7. The number of anilines is 1. The van der Waals surface area contributed by atoms with Crippen molar-refractivity contribution >= 4 is 23.4 Å². The van der Waals surface area contributed by atoms with E-state index in [4.69, 9.17) is 5.73 Å². The van der Waals surface area contributed by atoms with Crippen LogP contribution < -0.4 is 16.4 Å². The Labute approximate surface area is 191 Å². The third-order valence-corrected chi connectivity index (χ3v) is 7.78. The maximum atomic E-state index is 13.6. The Morgan fingerprint density at radius 3 is 2.58 bits per heavy atom. The fourth-order valence-corrected chi connectivity index (χ4v) is 5.61. The van der Waals surface area contributed by atoms with Gasteiger partial charge < -0.3 is 21.3 Å². The van der Waals surface area contributed by atoms with Crippen LogP contribution in [0.25, 0.3) is 0 Å². The van der Waals surface area contributed by atoms with Crippen LogP contribution in [0.2, 0.25) is 0 Å². The first kappa shape index (κ1) is 22.3. The van der Waals surface area contributed by atoms with Gasteiger partial charge in [-0.05, 0) is 36.8 Å². The number of fused-ring (bicyclic) bond motifs is 2. The fourth-order valence-electron chi connectivity index (χ4n) is 5.61. The van der Waals surface area contributed by atoms with Crippen LogP contribution in [0.1, 0.15) is 56.9 Å². The van der Waals surface area contributed by atoms with E-state index in [0.29, 0.717) is 18.8 Å². The minimum absolute atomic E-state index is 0.118. The maximum Gasteiger partial charge on any atom is 0.248 e. The number of nitrogens with one attached hydrogen (secondary N) is 2. The number of nitrogens with two attached hydrogens (primary N) is 1. The Bertz CT molecular complexity index is 972. The van der Waals surface area contributed by atoms with E-state index in [2.05, 4.69) is 10.6 Å². The predicted octanol–water partition coefficient (Wildman–Crippen LogP) is 2.50. The molecule has 2 aliphatic heterocycles. The van der Waals surface area contributed by atoms with E-state index in [9.17, 15) is 23.2 Å². The molecule has 7 nitrogen and oxygen atoms in total. The number of hydrogen-bond acceptors (Lipinski definition) is 4. The number of benzene rings is 1. The Morgan fingerprint density at radius 2 is 1.88 bits per heavy atom. The summed E-state index contributed by atoms with van der Waals surface area (Å²) >= 11 is 0. The summed E-state index contributed by atoms with van der Waals surface area (Å²) in [6.07, 6.45) is 1.79. The molecule has 2 saturated carbocycles. The molecule has 5 rings (SSSR count). The molecule has 178 valence electrons. The van der Waals surface area contributed by atoms with Gasteiger partial charge in [-0.1, -0.05) is 31.0 Å². The summed E-state index contributed by atoms with van der Waals surface area (Å²) < 4.78 is 27.0. The van der Waals surface area contributed by atoms with Gasteiger partial charge in [0.1, 0.15) is 6.04 Å². The molecule has 3 fully saturated rings. The number of carbonyl (C=O) groups excluding carboxylic acids is 3. The van der Waals surface area contributed by atoms with Gasteiger partial charge in [-0.2, -0.15) is 0 Å². The van der Waals surface area contributed by atoms with Gasteiger partial charge in [-0.25, -0.2) is 8.78 Å². The number of alkyl halides is 2. The minimum Gasteiger partial charge on any atom is -0.344 e. The lowest BCUT2D eigenvalue weighted by Crippen LogP contribution is -2.54. The molecule has 33 heavy (non-hydrogen) atoms. The van der Waals surface area contributed by atoms with E-state index < -0.39 is 29.5 Å². The second kappa shape index (κ2) is 8.04. The SMILES string of the molecule is N[C@@H]1C[C@@]2(CN1C(=O)[C@H](CC1CC1)NC(=O)C1CCC(F)(F)CC1)C(=O)Nc1ccccc12. The lowest BCUT2D eigenvalue weighted by Gasteiger charge is -2.31. The topological polar surface area (TPSA) is 105 Å². The first-order valence-corrected chi connectivity index (χ1v) is 11.8. The molecule has 0 radical (unpaired) electrons. The van der Waals surface area contributed by atoms with E-state index >= 15 is 0 Å². The Hall–Kier alpha value is -2.55. The van der Waals surface area contributed by atoms with Crippen molar-refractivity contribution in [3.05, 3.63) is 29.8 Å². The monoisotopic (exact) mass is 460 g/mol. The Kier molecular flexibility index (Phi) is 5.42. The van der Waals surface area contributed by atoms with Gasteiger partial charge in [0.25, 0.3) is 0 Å². The number of para-hydroxylation sites is 1. The summed E-state index contributed by atoms with van der Waals surface area (Å²) in [5.41, 5.74) is 7.05. The van der Waals surface area contributed by atoms with Gasteiger partial charge in [-0.15, -0.1) is 0 Å². The number of rotatable bonds is 5. The highest BCUT2D eigenvalue weighted by Crippen LogP contribution is 2.46. The second-order valence-electron chi connectivity index (χ2n) is 10.2. The van der Waals surface area contributed by atoms with E-state index in [1.165, 1.54) is 4.90 Å². The normalized spacial score (nSPS) is 29.6. The molecule has 3 atom stereocenters. The van der Waals surface area contributed by atoms with E-state index in [1.54, 1.807) is 0 Å². The largest absolute Gasteiger partial charge is 0.344 e. The van der Waals surface area contributed by atoms with Gasteiger partial charge >= 0.3 is 0 Å². The molecule has 0 bridgehead atoms. The number of likely N-dealkylation sites (tertiary alicyclic amines) is 1. The van der Waals surface area contributed by atoms with Crippen LogP contribution in [-0.4, -0.2) is 47.3 Å². The highest BCUT2D eigenvalue weighted by molar-refractivity contribution is 6.07. The average molecular weight is 461 g/mol. The van der Waals surface area contributed by atoms with Crippen LogP contribution >= 0.6 is 0 Å². The Balaban J connectivity index is 1.32. The standard InChI is InChI=1S/C24H30F2N4O3/c25-24(26)9-7-15(8-10-24)20(31)28-18(11-14-5-6-14)21(32)30-13-23(12-19(30)27)16-3-1-2-4-17(16)29-22(23)33/h1-4,14-15,18-19H,5-13,27H2,(H,28,31)(H,29,33)/t18-,19-,23-/m0/s1. The molecule has 3 amide bonds. The van der Waals surface area contributed by atoms with Crippen LogP contribution in [-0.2, 0) is 19.8 Å². The van der Waals surface area contributed by atoms with Gasteiger partial charge in [0.15, 0.2) is 0 Å². The third kappa shape index (κ3) is 4.11. The molecule has 2 aliphatic carbocycles. The van der Waals surface area contributed by atoms with Crippen LogP contribution in [0.3, 0.4) is 0 Å². The van der Waals surface area contributed by atoms with Gasteiger partial charge in [0, 0.05) is 37.4 Å². The molecule has 1 spiro atoms. The smallest absolute Gasteiger partial charge is 0.248 e. The van der Waals surface area contributed by atoms with Crippen molar-refractivity contribution in [2.45, 2.75) is 74.9 Å². The molecule has 1 aromatic carbocycles. The number of halogens is 2. The zero-order valence-electron chi connectivity index (χ0n) is 18.5. The molecule has 0 unspecified atom stereocenters. The molecule has 2 heterocycles. The van der Waals surface area contributed by atoms with E-state index in [-0.39, 0.29) is 49.9 Å². The van der Waals surface area contributed by atoms with Crippen LogP contribution in [0.4, 0.5) is 14.5 Å². The molecular weight excluding hydrogens is 430 g/mol. The minimum atomic E-state index is -2.71. The van der Waals surface area contributed by atoms with E-state index in [1.807, 2.05) is 24.3 Å². The summed E-state index contributed by atoms with van der Waals surface area (Å²) in [6.45, 7) is 0.155. The van der Waals surface area contributed by atoms with Gasteiger partial charge in [-0.3, -0.25) is 14.4 Å². The van der Waals surface area contributed by atoms with Crippen LogP contribution in [0.5, 0.6) is 0 Å². The van der Waals surface area contributed by atoms with Gasteiger partial charge in [0.2, 0.25) is 23.6 Å². The lowest BCUT2D eigenvalue weighted by molar-refractivity contribution is -0.140. The molecule has 1 aromatic rings. The summed E-state index contributed by atoms with van der Waals surface area (Å²) in [7, 11) is 0. The number of hydrogen-bond donors (Lipinski definition) is 3. The Morgan fingerprint density at radius 1 is 1.18 bits per heavy atom. The van der Waals surface area contributed by atoms with Crippen molar-refractivity contribution in [2.75, 3.05) is 11.9 Å². The fraction of sp³-hybridized carbons (Fsp3) is 0.625. The molecule has 4 N–H and O–H groups in total. The summed E-state index contributed by atoms with van der Waals surface area (Å²) in [4.78, 5) is 40.9. The molecule has 0 aromatic heterocycles. The van der Waals surface area contributed by atoms with Gasteiger partial charge in [0.05, 0.1) is 11.6 Å². The third-order valence-electron chi connectivity index (χ3n) is 7.78. The van der Waals surface area contributed by atoms with Crippen molar-refractivity contribution in [1.82, 2.24) is 10.2 Å². The summed E-state index contributed by atoms with van der Waals surface area (Å²) in [5.74, 6) is -3.66. The number of carbonyl (C=O) groups is 3. The highest BCUT2D eigenvalue weighted by atomic mass is 19.3. The highest BCUT2D eigenvalue weighted by Gasteiger charge is 2.55. The number of nitrogens with zero attached hydrogens (tertiary/aromatic N) is 1. The van der Waals surface area contributed by atoms with Crippen LogP contribution in [0, 0.1) is 11.8 Å². The van der Waals surface area contributed by atoms with Crippen molar-refractivity contribution in [1.29, 1.82) is 0 Å². The summed E-state index contributed by atoms with van der Waals surface area (Å²) in [6, 6.07) is 6.67. The predicted molar refractivity (Wildman–Crippen MR) is 117 cm³/mol. The lowest BCUT2D eigenvalue weighted by atomic mass is 9.80. The van der Waals surface area contributed by atoms with Crippen molar-refractivity contribution in [2.24, 2.45) is 17.6 Å². The van der Waals surface area contributed by atoms with Crippen LogP contribution in [0.15, 0.2) is 24.3 Å². The zero-order valence-corrected chi connectivity index (χ0v) is 18.5. The maximum absolute atomic E-state index is 13.6. The van der Waals surface area contributed by atoms with E-state index in [0.717, 1.165) is 24.1 Å². The molecule has 1 saturated heterocycles. The van der Waals surface area contributed by atoms with Crippen molar-refractivity contribution < 1.29 is 23.2 Å². The molecule has 4 aliphatic rings.